The number of hydrogen-bond acceptors (Lipinski definition) is 4. The van der Waals surface area contributed by atoms with Crippen LogP contribution in [-0.2, 0) is 13.1 Å². The van der Waals surface area contributed by atoms with Crippen LogP contribution in [0.15, 0.2) is 71.3 Å². The summed E-state index contributed by atoms with van der Waals surface area (Å²) in [6.45, 7) is 1.33. The SMILES string of the molecule is O/N=C\c1cccc[n+]1C/C=C/C[n+]1ccccc1/C=N/O.[Br-].[Br-]. The highest BCUT2D eigenvalue weighted by molar-refractivity contribution is 5.74. The lowest BCUT2D eigenvalue weighted by Gasteiger charge is -1.97. The Morgan fingerprint density at radius 3 is 1.54 bits per heavy atom. The summed E-state index contributed by atoms with van der Waals surface area (Å²) in [4.78, 5) is 0. The van der Waals surface area contributed by atoms with Crippen LogP contribution in [0, 0.1) is 0 Å². The van der Waals surface area contributed by atoms with Crippen LogP contribution in [0.2, 0.25) is 0 Å². The van der Waals surface area contributed by atoms with Gasteiger partial charge in [0.2, 0.25) is 11.4 Å². The molecule has 0 aliphatic rings. The van der Waals surface area contributed by atoms with Gasteiger partial charge in [0.05, 0.1) is 0 Å². The Bertz CT molecular complexity index is 646. The fourth-order valence-corrected chi connectivity index (χ4v) is 2.04. The van der Waals surface area contributed by atoms with E-state index in [9.17, 15) is 0 Å². The highest BCUT2D eigenvalue weighted by Crippen LogP contribution is 1.90. The number of rotatable bonds is 6. The van der Waals surface area contributed by atoms with Crippen LogP contribution in [-0.4, -0.2) is 22.8 Å². The van der Waals surface area contributed by atoms with Crippen LogP contribution in [0.4, 0.5) is 0 Å². The van der Waals surface area contributed by atoms with Gasteiger partial charge in [-0.15, -0.1) is 0 Å². The number of allylic oxidation sites excluding steroid dienone is 2. The molecule has 0 saturated carbocycles. The van der Waals surface area contributed by atoms with Crippen LogP contribution >= 0.6 is 0 Å². The Balaban J connectivity index is 0.00000264. The van der Waals surface area contributed by atoms with Crippen molar-refractivity contribution in [1.82, 2.24) is 0 Å². The highest BCUT2D eigenvalue weighted by atomic mass is 79.9. The number of nitrogens with zero attached hydrogens (tertiary/aromatic N) is 4. The molecule has 2 heterocycles. The van der Waals surface area contributed by atoms with Crippen molar-refractivity contribution < 1.29 is 53.5 Å². The highest BCUT2D eigenvalue weighted by Gasteiger charge is 2.06. The molecule has 128 valence electrons. The zero-order chi connectivity index (χ0) is 15.6. The average Bonchev–Trinajstić information content (AvgIpc) is 2.55. The first-order chi connectivity index (χ1) is 10.8. The fourth-order valence-electron chi connectivity index (χ4n) is 2.04. The lowest BCUT2D eigenvalue weighted by molar-refractivity contribution is -0.691. The molecule has 0 aliphatic heterocycles. The van der Waals surface area contributed by atoms with Gasteiger partial charge in [-0.1, -0.05) is 10.3 Å². The lowest BCUT2D eigenvalue weighted by Crippen LogP contribution is -3.00. The average molecular weight is 458 g/mol. The van der Waals surface area contributed by atoms with E-state index >= 15 is 0 Å². The number of oxime groups is 2. The second-order valence-corrected chi connectivity index (χ2v) is 4.52. The Labute approximate surface area is 161 Å². The number of halogens is 2. The maximum absolute atomic E-state index is 8.65. The van der Waals surface area contributed by atoms with E-state index in [1.165, 1.54) is 12.4 Å². The fraction of sp³-hybridized carbons (Fsp3) is 0.125. The van der Waals surface area contributed by atoms with Gasteiger partial charge >= 0.3 is 0 Å². The van der Waals surface area contributed by atoms with Crippen molar-refractivity contribution in [3.8, 4) is 0 Å². The Hall–Kier alpha value is -2.06. The molecule has 24 heavy (non-hydrogen) atoms. The first-order valence-electron chi connectivity index (χ1n) is 6.82. The van der Waals surface area contributed by atoms with Crippen LogP contribution < -0.4 is 43.1 Å². The molecule has 0 unspecified atom stereocenters. The molecule has 0 radical (unpaired) electrons. The summed E-state index contributed by atoms with van der Waals surface area (Å²) in [6.07, 6.45) is 10.7. The third-order valence-electron chi connectivity index (χ3n) is 3.10. The molecule has 8 heteroatoms. The summed E-state index contributed by atoms with van der Waals surface area (Å²) in [5, 5.41) is 23.4. The molecule has 0 atom stereocenters. The number of pyridine rings is 2. The molecule has 2 rings (SSSR count). The predicted molar refractivity (Wildman–Crippen MR) is 81.2 cm³/mol. The van der Waals surface area contributed by atoms with Crippen molar-refractivity contribution in [3.63, 3.8) is 0 Å². The molecular formula is C16H18Br2N4O2. The van der Waals surface area contributed by atoms with E-state index in [1.807, 2.05) is 70.1 Å². The number of hydrogen-bond donors (Lipinski definition) is 2. The van der Waals surface area contributed by atoms with Crippen LogP contribution in [0.25, 0.3) is 0 Å². The van der Waals surface area contributed by atoms with E-state index in [0.29, 0.717) is 13.1 Å². The molecule has 0 amide bonds. The third-order valence-corrected chi connectivity index (χ3v) is 3.10. The van der Waals surface area contributed by atoms with Crippen molar-refractivity contribution in [1.29, 1.82) is 0 Å². The lowest BCUT2D eigenvalue weighted by atomic mass is 10.3. The minimum atomic E-state index is 0. The number of aromatic nitrogens is 2. The minimum absolute atomic E-state index is 0. The van der Waals surface area contributed by atoms with Gasteiger partial charge in [-0.05, 0) is 24.3 Å². The van der Waals surface area contributed by atoms with Crippen LogP contribution in [0.5, 0.6) is 0 Å². The second-order valence-electron chi connectivity index (χ2n) is 4.52. The van der Waals surface area contributed by atoms with Gasteiger partial charge in [-0.3, -0.25) is 0 Å². The van der Waals surface area contributed by atoms with Gasteiger partial charge in [0.25, 0.3) is 0 Å². The maximum atomic E-state index is 8.65. The minimum Gasteiger partial charge on any atom is -1.00 e. The summed E-state index contributed by atoms with van der Waals surface area (Å²) in [6, 6.07) is 11.4. The van der Waals surface area contributed by atoms with E-state index in [2.05, 4.69) is 10.3 Å². The topological polar surface area (TPSA) is 72.9 Å². The van der Waals surface area contributed by atoms with Gasteiger partial charge in [0.1, 0.15) is 12.4 Å². The molecule has 0 saturated heterocycles. The zero-order valence-corrected chi connectivity index (χ0v) is 16.0. The molecule has 2 aromatic heterocycles. The summed E-state index contributed by atoms with van der Waals surface area (Å²) in [5.74, 6) is 0. The van der Waals surface area contributed by atoms with Gasteiger partial charge < -0.3 is 44.4 Å². The van der Waals surface area contributed by atoms with Crippen molar-refractivity contribution in [3.05, 3.63) is 72.3 Å². The Morgan fingerprint density at radius 2 is 1.17 bits per heavy atom. The van der Waals surface area contributed by atoms with E-state index in [1.54, 1.807) is 0 Å². The summed E-state index contributed by atoms with van der Waals surface area (Å²) < 4.78 is 3.92. The molecule has 0 spiro atoms. The van der Waals surface area contributed by atoms with Crippen molar-refractivity contribution >= 4 is 12.4 Å². The van der Waals surface area contributed by atoms with E-state index in [0.717, 1.165) is 11.4 Å². The van der Waals surface area contributed by atoms with E-state index in [4.69, 9.17) is 10.4 Å². The van der Waals surface area contributed by atoms with Crippen molar-refractivity contribution in [2.24, 2.45) is 10.3 Å². The Morgan fingerprint density at radius 1 is 0.750 bits per heavy atom. The third kappa shape index (κ3) is 6.59. The van der Waals surface area contributed by atoms with Gasteiger partial charge in [-0.25, -0.2) is 0 Å². The first-order valence-corrected chi connectivity index (χ1v) is 6.82. The van der Waals surface area contributed by atoms with Crippen LogP contribution in [0.3, 0.4) is 0 Å². The summed E-state index contributed by atoms with van der Waals surface area (Å²) >= 11 is 0. The summed E-state index contributed by atoms with van der Waals surface area (Å²) in [5.41, 5.74) is 1.63. The molecule has 2 aromatic rings. The zero-order valence-electron chi connectivity index (χ0n) is 12.8. The van der Waals surface area contributed by atoms with Gasteiger partial charge in [-0.2, -0.15) is 9.13 Å². The monoisotopic (exact) mass is 456 g/mol. The molecular weight excluding hydrogens is 440 g/mol. The standard InChI is InChI=1S/C16H16N4O2.2BrH/c21-17-13-15-7-1-3-9-19(15)11-5-6-12-20-10-4-2-8-16(20)14-18-22;;/h1-10,13-14H,11-12H2;2*1H/b6-5+;;. The largest absolute Gasteiger partial charge is 1.00 e. The predicted octanol–water partition coefficient (Wildman–Crippen LogP) is -4.86. The molecule has 0 aromatic carbocycles. The molecule has 0 aliphatic carbocycles. The summed E-state index contributed by atoms with van der Waals surface area (Å²) in [7, 11) is 0. The van der Waals surface area contributed by atoms with E-state index < -0.39 is 0 Å². The first kappa shape index (κ1) is 21.9. The molecule has 0 fully saturated rings. The molecule has 0 bridgehead atoms. The van der Waals surface area contributed by atoms with Gasteiger partial charge in [0, 0.05) is 24.3 Å². The second kappa shape index (κ2) is 12.4. The van der Waals surface area contributed by atoms with E-state index in [-0.39, 0.29) is 34.0 Å². The maximum Gasteiger partial charge on any atom is 0.227 e. The smallest absolute Gasteiger partial charge is 0.227 e. The van der Waals surface area contributed by atoms with Crippen molar-refractivity contribution in [2.45, 2.75) is 13.1 Å². The van der Waals surface area contributed by atoms with Crippen LogP contribution in [0.1, 0.15) is 11.4 Å². The Kier molecular flexibility index (Phi) is 11.3. The van der Waals surface area contributed by atoms with Crippen molar-refractivity contribution in [2.75, 3.05) is 0 Å². The normalized spacial score (nSPS) is 10.8. The quantitative estimate of drug-likeness (QED) is 0.150. The molecule has 6 nitrogen and oxygen atoms in total. The molecule has 2 N–H and O–H groups in total. The van der Waals surface area contributed by atoms with Gasteiger partial charge in [0.15, 0.2) is 25.5 Å².